The van der Waals surface area contributed by atoms with Crippen molar-refractivity contribution < 1.29 is 18.0 Å². The summed E-state index contributed by atoms with van der Waals surface area (Å²) in [4.78, 5) is 0. The molecule has 1 aliphatic rings. The van der Waals surface area contributed by atoms with E-state index in [-0.39, 0.29) is 18.3 Å². The van der Waals surface area contributed by atoms with Crippen molar-refractivity contribution in [2.45, 2.75) is 51.1 Å². The molecule has 1 heterocycles. The fraction of sp³-hybridized carbons (Fsp3) is 0.727. The van der Waals surface area contributed by atoms with Crippen LogP contribution in [0.1, 0.15) is 39.4 Å². The first kappa shape index (κ1) is 11.4. The van der Waals surface area contributed by atoms with Crippen LogP contribution in [0.25, 0.3) is 0 Å². The van der Waals surface area contributed by atoms with E-state index in [9.17, 15) is 8.78 Å². The molecule has 2 rings (SSSR count). The Kier molecular flexibility index (Phi) is 2.44. The number of ether oxygens (including phenoxy) is 1. The number of alkyl halides is 2. The lowest BCUT2D eigenvalue weighted by molar-refractivity contribution is -0.135. The molecule has 1 aromatic heterocycles. The predicted octanol–water partition coefficient (Wildman–Crippen LogP) is 3.15. The van der Waals surface area contributed by atoms with Crippen molar-refractivity contribution in [3.63, 3.8) is 0 Å². The molecule has 0 aliphatic heterocycles. The van der Waals surface area contributed by atoms with Crippen LogP contribution in [-0.4, -0.2) is 17.2 Å². The average molecular weight is 231 g/mol. The topological polar surface area (TPSA) is 35.3 Å². The van der Waals surface area contributed by atoms with E-state index < -0.39 is 12.0 Å². The smallest absolute Gasteiger partial charge is 0.255 e. The van der Waals surface area contributed by atoms with Gasteiger partial charge in [-0.15, -0.1) is 0 Å². The maximum Gasteiger partial charge on any atom is 0.255 e. The molecule has 1 saturated carbocycles. The Morgan fingerprint density at radius 3 is 2.50 bits per heavy atom. The Balaban J connectivity index is 1.94. The summed E-state index contributed by atoms with van der Waals surface area (Å²) in [6, 6.07) is 1.66. The van der Waals surface area contributed by atoms with Gasteiger partial charge < -0.3 is 9.26 Å². The van der Waals surface area contributed by atoms with E-state index in [0.29, 0.717) is 11.6 Å². The zero-order chi connectivity index (χ0) is 12.0. The highest BCUT2D eigenvalue weighted by Gasteiger charge is 2.47. The first-order valence-electron chi connectivity index (χ1n) is 5.28. The number of hydrogen-bond donors (Lipinski definition) is 0. The van der Waals surface area contributed by atoms with Gasteiger partial charge in [0.05, 0.1) is 0 Å². The van der Waals surface area contributed by atoms with Crippen molar-refractivity contribution in [3.05, 3.63) is 11.8 Å². The van der Waals surface area contributed by atoms with E-state index in [0.717, 1.165) is 0 Å². The summed E-state index contributed by atoms with van der Waals surface area (Å²) in [6.45, 7) is 5.94. The summed E-state index contributed by atoms with van der Waals surface area (Å²) >= 11 is 0. The second-order valence-corrected chi connectivity index (χ2v) is 5.28. The summed E-state index contributed by atoms with van der Waals surface area (Å²) < 4.78 is 35.5. The molecule has 90 valence electrons. The zero-order valence-electron chi connectivity index (χ0n) is 9.59. The van der Waals surface area contributed by atoms with Crippen LogP contribution in [0.4, 0.5) is 8.78 Å². The van der Waals surface area contributed by atoms with Gasteiger partial charge >= 0.3 is 0 Å². The maximum atomic E-state index is 12.6. The Morgan fingerprint density at radius 2 is 2.06 bits per heavy atom. The summed E-state index contributed by atoms with van der Waals surface area (Å²) in [5, 5.41) is 3.71. The minimum atomic E-state index is -2.57. The normalized spacial score (nSPS) is 20.6. The average Bonchev–Trinajstić information content (AvgIpc) is 2.48. The molecular formula is C11H15F2NO2. The van der Waals surface area contributed by atoms with Gasteiger partial charge in [-0.05, 0) is 5.16 Å². The number of rotatable bonds is 2. The first-order chi connectivity index (χ1) is 7.26. The third-order valence-corrected chi connectivity index (χ3v) is 2.57. The summed E-state index contributed by atoms with van der Waals surface area (Å²) in [5.74, 6) is -1.58. The minimum absolute atomic E-state index is 0.155. The fourth-order valence-corrected chi connectivity index (χ4v) is 1.53. The Morgan fingerprint density at radius 1 is 1.44 bits per heavy atom. The molecule has 1 aromatic rings. The number of nitrogens with zero attached hydrogens (tertiary/aromatic N) is 1. The van der Waals surface area contributed by atoms with Gasteiger partial charge in [-0.1, -0.05) is 20.8 Å². The van der Waals surface area contributed by atoms with E-state index in [1.807, 2.05) is 20.8 Å². The van der Waals surface area contributed by atoms with E-state index >= 15 is 0 Å². The highest BCUT2D eigenvalue weighted by Crippen LogP contribution is 2.39. The van der Waals surface area contributed by atoms with Gasteiger partial charge in [0.1, 0.15) is 11.9 Å². The highest BCUT2D eigenvalue weighted by molar-refractivity contribution is 5.17. The van der Waals surface area contributed by atoms with Gasteiger partial charge in [0.2, 0.25) is 0 Å². The molecule has 0 atom stereocenters. The summed E-state index contributed by atoms with van der Waals surface area (Å²) in [5.41, 5.74) is -0.155. The molecule has 1 aliphatic carbocycles. The number of aromatic nitrogens is 1. The zero-order valence-corrected chi connectivity index (χ0v) is 9.59. The molecular weight excluding hydrogens is 216 g/mol. The second-order valence-electron chi connectivity index (χ2n) is 5.28. The van der Waals surface area contributed by atoms with Gasteiger partial charge in [0, 0.05) is 24.3 Å². The number of hydrogen-bond acceptors (Lipinski definition) is 3. The van der Waals surface area contributed by atoms with Crippen molar-refractivity contribution in [2.75, 3.05) is 0 Å². The van der Waals surface area contributed by atoms with Crippen molar-refractivity contribution in [3.8, 4) is 5.88 Å². The molecule has 0 saturated heterocycles. The van der Waals surface area contributed by atoms with Gasteiger partial charge in [-0.3, -0.25) is 0 Å². The Bertz CT molecular complexity index is 374. The molecule has 3 nitrogen and oxygen atoms in total. The van der Waals surface area contributed by atoms with Gasteiger partial charge in [0.15, 0.2) is 0 Å². The molecule has 5 heteroatoms. The largest absolute Gasteiger partial charge is 0.472 e. The predicted molar refractivity (Wildman–Crippen MR) is 53.8 cm³/mol. The molecule has 0 aromatic carbocycles. The van der Waals surface area contributed by atoms with Gasteiger partial charge in [-0.25, -0.2) is 8.78 Å². The van der Waals surface area contributed by atoms with Crippen molar-refractivity contribution in [2.24, 2.45) is 0 Å². The molecule has 0 radical (unpaired) electrons. The molecule has 0 spiro atoms. The highest BCUT2D eigenvalue weighted by atomic mass is 19.3. The van der Waals surface area contributed by atoms with Crippen molar-refractivity contribution >= 4 is 0 Å². The van der Waals surface area contributed by atoms with Crippen LogP contribution in [0.15, 0.2) is 10.6 Å². The van der Waals surface area contributed by atoms with Crippen molar-refractivity contribution in [1.82, 2.24) is 5.16 Å². The lowest BCUT2D eigenvalue weighted by Gasteiger charge is -2.33. The van der Waals surface area contributed by atoms with Gasteiger partial charge in [-0.2, -0.15) is 0 Å². The SMILES string of the molecule is CC(C)(C)c1cc(OC2CC(F)(F)C2)no1. The Hall–Kier alpha value is -1.13. The van der Waals surface area contributed by atoms with Crippen LogP contribution in [0.3, 0.4) is 0 Å². The van der Waals surface area contributed by atoms with E-state index in [2.05, 4.69) is 5.16 Å². The van der Waals surface area contributed by atoms with Crippen LogP contribution < -0.4 is 4.74 Å². The van der Waals surface area contributed by atoms with Crippen LogP contribution in [0.5, 0.6) is 5.88 Å². The van der Waals surface area contributed by atoms with Crippen LogP contribution in [0, 0.1) is 0 Å². The lowest BCUT2D eigenvalue weighted by Crippen LogP contribution is -2.43. The van der Waals surface area contributed by atoms with E-state index in [1.54, 1.807) is 6.07 Å². The third kappa shape index (κ3) is 2.33. The molecule has 1 fully saturated rings. The summed E-state index contributed by atoms with van der Waals surface area (Å²) in [6.07, 6.45) is -0.900. The third-order valence-electron chi connectivity index (χ3n) is 2.57. The maximum absolute atomic E-state index is 12.6. The molecule has 0 unspecified atom stereocenters. The monoisotopic (exact) mass is 231 g/mol. The quantitative estimate of drug-likeness (QED) is 0.784. The lowest BCUT2D eigenvalue weighted by atomic mass is 9.91. The number of halogens is 2. The van der Waals surface area contributed by atoms with Crippen LogP contribution in [0.2, 0.25) is 0 Å². The molecule has 0 bridgehead atoms. The van der Waals surface area contributed by atoms with Crippen molar-refractivity contribution in [1.29, 1.82) is 0 Å². The van der Waals surface area contributed by atoms with E-state index in [1.165, 1.54) is 0 Å². The fourth-order valence-electron chi connectivity index (χ4n) is 1.53. The van der Waals surface area contributed by atoms with Crippen LogP contribution >= 0.6 is 0 Å². The molecule has 16 heavy (non-hydrogen) atoms. The molecule has 0 amide bonds. The van der Waals surface area contributed by atoms with Gasteiger partial charge in [0.25, 0.3) is 11.8 Å². The van der Waals surface area contributed by atoms with Crippen LogP contribution in [-0.2, 0) is 5.41 Å². The first-order valence-corrected chi connectivity index (χ1v) is 5.28. The standard InChI is InChI=1S/C11H15F2NO2/c1-10(2,3)8-4-9(14-16-8)15-7-5-11(12,13)6-7/h4,7H,5-6H2,1-3H3. The summed E-state index contributed by atoms with van der Waals surface area (Å²) in [7, 11) is 0. The Labute approximate surface area is 92.8 Å². The molecule has 0 N–H and O–H groups in total. The second kappa shape index (κ2) is 3.43. The van der Waals surface area contributed by atoms with E-state index in [4.69, 9.17) is 9.26 Å². The minimum Gasteiger partial charge on any atom is -0.472 e.